The molecule has 0 bridgehead atoms. The van der Waals surface area contributed by atoms with Crippen LogP contribution in [0.25, 0.3) is 22.8 Å². The Morgan fingerprint density at radius 3 is 2.32 bits per heavy atom. The van der Waals surface area contributed by atoms with Gasteiger partial charge in [0.25, 0.3) is 0 Å². The van der Waals surface area contributed by atoms with Gasteiger partial charge in [0.2, 0.25) is 0 Å². The number of rotatable bonds is 7. The summed E-state index contributed by atoms with van der Waals surface area (Å²) in [5, 5.41) is 14.4. The number of aromatic nitrogens is 3. The molecule has 0 spiro atoms. The number of benzene rings is 3. The van der Waals surface area contributed by atoms with Crippen molar-refractivity contribution in [2.24, 2.45) is 0 Å². The van der Waals surface area contributed by atoms with E-state index in [1.54, 1.807) is 19.2 Å². The number of aromatic hydroxyl groups is 1. The third kappa shape index (κ3) is 4.92. The molecule has 0 saturated heterocycles. The first-order chi connectivity index (χ1) is 15.0. The second kappa shape index (κ2) is 9.02. The predicted octanol–water partition coefficient (Wildman–Crippen LogP) is 4.44. The molecule has 6 nitrogen and oxygen atoms in total. The Morgan fingerprint density at radius 2 is 1.65 bits per heavy atom. The van der Waals surface area contributed by atoms with Crippen molar-refractivity contribution in [3.05, 3.63) is 83.9 Å². The summed E-state index contributed by atoms with van der Waals surface area (Å²) in [5.41, 5.74) is 4.20. The molecule has 1 N–H and O–H groups in total. The maximum Gasteiger partial charge on any atom is 0.181 e. The molecular weight excluding hydrogens is 388 g/mol. The van der Waals surface area contributed by atoms with Crippen LogP contribution in [0.1, 0.15) is 11.1 Å². The molecule has 31 heavy (non-hydrogen) atoms. The van der Waals surface area contributed by atoms with Crippen LogP contribution in [0.2, 0.25) is 0 Å². The predicted molar refractivity (Wildman–Crippen MR) is 122 cm³/mol. The van der Waals surface area contributed by atoms with Gasteiger partial charge in [0.1, 0.15) is 11.5 Å². The first-order valence-corrected chi connectivity index (χ1v) is 10.1. The van der Waals surface area contributed by atoms with Gasteiger partial charge in [0.15, 0.2) is 11.6 Å². The van der Waals surface area contributed by atoms with E-state index in [0.717, 1.165) is 34.8 Å². The summed E-state index contributed by atoms with van der Waals surface area (Å²) < 4.78 is 7.18. The first kappa shape index (κ1) is 20.6. The molecule has 0 fully saturated rings. The fourth-order valence-corrected chi connectivity index (χ4v) is 3.48. The minimum atomic E-state index is 0.248. The smallest absolute Gasteiger partial charge is 0.181 e. The van der Waals surface area contributed by atoms with Gasteiger partial charge < -0.3 is 14.7 Å². The zero-order chi connectivity index (χ0) is 21.8. The van der Waals surface area contributed by atoms with E-state index in [0.29, 0.717) is 12.4 Å². The Hall–Kier alpha value is -3.64. The molecule has 1 aromatic heterocycles. The fraction of sp³-hybridized carbons (Fsp3) is 0.200. The van der Waals surface area contributed by atoms with E-state index in [4.69, 9.17) is 14.8 Å². The molecule has 0 unspecified atom stereocenters. The van der Waals surface area contributed by atoms with Crippen molar-refractivity contribution >= 4 is 0 Å². The molecule has 4 rings (SSSR count). The standard InChI is InChI=1S/C25H26N4O2/c1-28(2)16-19-5-4-6-21(15-19)25-26-24(20-9-13-23(31-3)14-10-20)27-29(25)17-18-7-11-22(30)12-8-18/h4-15,30H,16-17H2,1-3H3. The molecule has 158 valence electrons. The average Bonchev–Trinajstić information content (AvgIpc) is 3.19. The number of methoxy groups -OCH3 is 1. The van der Waals surface area contributed by atoms with E-state index in [9.17, 15) is 5.11 Å². The molecule has 4 aromatic rings. The number of nitrogens with zero attached hydrogens (tertiary/aromatic N) is 4. The molecule has 6 heteroatoms. The van der Waals surface area contributed by atoms with Crippen LogP contribution in [0.4, 0.5) is 0 Å². The highest BCUT2D eigenvalue weighted by Crippen LogP contribution is 2.26. The molecule has 1 heterocycles. The zero-order valence-electron chi connectivity index (χ0n) is 18.0. The molecule has 0 amide bonds. The van der Waals surface area contributed by atoms with E-state index in [2.05, 4.69) is 43.3 Å². The molecular formula is C25H26N4O2. The van der Waals surface area contributed by atoms with Crippen molar-refractivity contribution in [2.75, 3.05) is 21.2 Å². The summed E-state index contributed by atoms with van der Waals surface area (Å²) in [6.07, 6.45) is 0. The van der Waals surface area contributed by atoms with Gasteiger partial charge in [-0.3, -0.25) is 0 Å². The van der Waals surface area contributed by atoms with Crippen LogP contribution in [-0.4, -0.2) is 46.0 Å². The molecule has 0 atom stereocenters. The number of hydrogen-bond acceptors (Lipinski definition) is 5. The summed E-state index contributed by atoms with van der Waals surface area (Å²) in [5.74, 6) is 2.51. The molecule has 0 radical (unpaired) electrons. The van der Waals surface area contributed by atoms with Crippen LogP contribution in [0, 0.1) is 0 Å². The van der Waals surface area contributed by atoms with Crippen LogP contribution < -0.4 is 4.74 Å². The van der Waals surface area contributed by atoms with Crippen molar-refractivity contribution in [3.8, 4) is 34.3 Å². The van der Waals surface area contributed by atoms with Gasteiger partial charge in [-0.1, -0.05) is 30.3 Å². The van der Waals surface area contributed by atoms with Gasteiger partial charge in [-0.2, -0.15) is 5.10 Å². The maximum absolute atomic E-state index is 9.60. The summed E-state index contributed by atoms with van der Waals surface area (Å²) in [4.78, 5) is 7.03. The summed E-state index contributed by atoms with van der Waals surface area (Å²) in [6, 6.07) is 23.3. The van der Waals surface area contributed by atoms with E-state index in [1.165, 1.54) is 5.56 Å². The molecule has 0 aliphatic carbocycles. The number of phenolic OH excluding ortho intramolecular Hbond substituents is 1. The summed E-state index contributed by atoms with van der Waals surface area (Å²) in [7, 11) is 5.77. The lowest BCUT2D eigenvalue weighted by Crippen LogP contribution is -2.10. The topological polar surface area (TPSA) is 63.4 Å². The number of ether oxygens (including phenoxy) is 1. The van der Waals surface area contributed by atoms with E-state index in [-0.39, 0.29) is 5.75 Å². The van der Waals surface area contributed by atoms with Gasteiger partial charge in [0, 0.05) is 17.7 Å². The van der Waals surface area contributed by atoms with E-state index < -0.39 is 0 Å². The summed E-state index contributed by atoms with van der Waals surface area (Å²) >= 11 is 0. The Balaban J connectivity index is 1.75. The number of phenols is 1. The Labute approximate surface area is 182 Å². The van der Waals surface area contributed by atoms with Crippen LogP contribution in [-0.2, 0) is 13.1 Å². The van der Waals surface area contributed by atoms with Gasteiger partial charge in [0.05, 0.1) is 13.7 Å². The SMILES string of the molecule is COc1ccc(-c2nc(-c3cccc(CN(C)C)c3)n(Cc3ccc(O)cc3)n2)cc1. The second-order valence-corrected chi connectivity index (χ2v) is 7.75. The van der Waals surface area contributed by atoms with Crippen molar-refractivity contribution < 1.29 is 9.84 Å². The first-order valence-electron chi connectivity index (χ1n) is 10.1. The highest BCUT2D eigenvalue weighted by molar-refractivity contribution is 5.63. The van der Waals surface area contributed by atoms with Gasteiger partial charge in [-0.15, -0.1) is 0 Å². The third-order valence-corrected chi connectivity index (χ3v) is 4.97. The lowest BCUT2D eigenvalue weighted by Gasteiger charge is -2.11. The molecule has 0 saturated carbocycles. The molecule has 3 aromatic carbocycles. The van der Waals surface area contributed by atoms with Crippen molar-refractivity contribution in [1.82, 2.24) is 19.7 Å². The minimum Gasteiger partial charge on any atom is -0.508 e. The average molecular weight is 415 g/mol. The zero-order valence-corrected chi connectivity index (χ0v) is 18.0. The van der Waals surface area contributed by atoms with Gasteiger partial charge in [-0.25, -0.2) is 9.67 Å². The number of hydrogen-bond donors (Lipinski definition) is 1. The van der Waals surface area contributed by atoms with Crippen molar-refractivity contribution in [1.29, 1.82) is 0 Å². The Kier molecular flexibility index (Phi) is 6.00. The van der Waals surface area contributed by atoms with Crippen molar-refractivity contribution in [2.45, 2.75) is 13.1 Å². The Morgan fingerprint density at radius 1 is 0.903 bits per heavy atom. The summed E-state index contributed by atoms with van der Waals surface area (Å²) in [6.45, 7) is 1.40. The second-order valence-electron chi connectivity index (χ2n) is 7.75. The monoisotopic (exact) mass is 414 g/mol. The maximum atomic E-state index is 9.60. The lowest BCUT2D eigenvalue weighted by atomic mass is 10.1. The quantitative estimate of drug-likeness (QED) is 0.485. The molecule has 0 aliphatic rings. The highest BCUT2D eigenvalue weighted by Gasteiger charge is 2.15. The van der Waals surface area contributed by atoms with Crippen LogP contribution >= 0.6 is 0 Å². The minimum absolute atomic E-state index is 0.248. The van der Waals surface area contributed by atoms with E-state index >= 15 is 0 Å². The van der Waals surface area contributed by atoms with Gasteiger partial charge in [-0.05, 0) is 67.7 Å². The van der Waals surface area contributed by atoms with Crippen LogP contribution in [0.5, 0.6) is 11.5 Å². The largest absolute Gasteiger partial charge is 0.508 e. The van der Waals surface area contributed by atoms with Crippen molar-refractivity contribution in [3.63, 3.8) is 0 Å². The Bertz CT molecular complexity index is 1150. The van der Waals surface area contributed by atoms with E-state index in [1.807, 2.05) is 41.1 Å². The van der Waals surface area contributed by atoms with Gasteiger partial charge >= 0.3 is 0 Å². The fourth-order valence-electron chi connectivity index (χ4n) is 3.48. The third-order valence-electron chi connectivity index (χ3n) is 4.97. The normalized spacial score (nSPS) is 11.1. The molecule has 0 aliphatic heterocycles. The highest BCUT2D eigenvalue weighted by atomic mass is 16.5. The van der Waals surface area contributed by atoms with Crippen LogP contribution in [0.15, 0.2) is 72.8 Å². The van der Waals surface area contributed by atoms with Crippen LogP contribution in [0.3, 0.4) is 0 Å². The lowest BCUT2D eigenvalue weighted by molar-refractivity contribution is 0.402.